The molecule has 1 N–H and O–H groups in total. The monoisotopic (exact) mass is 299 g/mol. The van der Waals surface area contributed by atoms with Crippen LogP contribution in [0.25, 0.3) is 0 Å². The molecule has 0 aliphatic carbocycles. The number of benzene rings is 1. The molecule has 0 bridgehead atoms. The lowest BCUT2D eigenvalue weighted by molar-refractivity contribution is -0.136. The van der Waals surface area contributed by atoms with Crippen LogP contribution in [0.4, 0.5) is 4.39 Å². The Kier molecular flexibility index (Phi) is 4.17. The zero-order valence-electron chi connectivity index (χ0n) is 10.1. The first-order valence-corrected chi connectivity index (χ1v) is 6.76. The number of aryl methyl sites for hydroxylation is 1. The van der Waals surface area contributed by atoms with E-state index in [-0.39, 0.29) is 11.4 Å². The van der Waals surface area contributed by atoms with Crippen LogP contribution in [0.2, 0.25) is 5.02 Å². The van der Waals surface area contributed by atoms with Crippen molar-refractivity contribution in [1.82, 2.24) is 4.98 Å². The zero-order chi connectivity index (χ0) is 14.0. The molecule has 0 saturated heterocycles. The second-order valence-corrected chi connectivity index (χ2v) is 5.65. The third-order valence-electron chi connectivity index (χ3n) is 2.62. The molecule has 0 radical (unpaired) electrons. The number of rotatable bonds is 4. The van der Waals surface area contributed by atoms with Gasteiger partial charge in [-0.15, -0.1) is 11.3 Å². The highest BCUT2D eigenvalue weighted by Gasteiger charge is 2.13. The van der Waals surface area contributed by atoms with Gasteiger partial charge in [0.05, 0.1) is 22.1 Å². The van der Waals surface area contributed by atoms with Crippen LogP contribution in [-0.4, -0.2) is 16.1 Å². The molecule has 100 valence electrons. The third kappa shape index (κ3) is 3.30. The maximum Gasteiger partial charge on any atom is 0.308 e. The number of carboxylic acids is 1. The number of aliphatic carboxylic acids is 1. The summed E-state index contributed by atoms with van der Waals surface area (Å²) in [5.41, 5.74) is 1.15. The molecule has 3 nitrogen and oxygen atoms in total. The molecule has 2 aromatic rings. The normalized spacial score (nSPS) is 10.7. The van der Waals surface area contributed by atoms with Crippen molar-refractivity contribution in [2.75, 3.05) is 0 Å². The van der Waals surface area contributed by atoms with Gasteiger partial charge in [-0.3, -0.25) is 4.79 Å². The number of halogens is 2. The highest BCUT2D eigenvalue weighted by molar-refractivity contribution is 7.11. The Labute approximate surface area is 118 Å². The Morgan fingerprint density at radius 3 is 2.95 bits per heavy atom. The molecule has 6 heteroatoms. The van der Waals surface area contributed by atoms with Gasteiger partial charge in [-0.05, 0) is 18.6 Å². The van der Waals surface area contributed by atoms with Crippen molar-refractivity contribution in [3.05, 3.63) is 50.2 Å². The fourth-order valence-electron chi connectivity index (χ4n) is 1.71. The lowest BCUT2D eigenvalue weighted by Crippen LogP contribution is -1.99. The quantitative estimate of drug-likeness (QED) is 0.940. The van der Waals surface area contributed by atoms with Crippen LogP contribution in [-0.2, 0) is 17.6 Å². The van der Waals surface area contributed by atoms with Crippen LogP contribution in [0.15, 0.2) is 18.2 Å². The molecular weight excluding hydrogens is 289 g/mol. The highest BCUT2D eigenvalue weighted by atomic mass is 35.5. The van der Waals surface area contributed by atoms with Crippen LogP contribution in [0.5, 0.6) is 0 Å². The van der Waals surface area contributed by atoms with Crippen molar-refractivity contribution in [3.8, 4) is 0 Å². The fourth-order valence-corrected chi connectivity index (χ4v) is 2.99. The number of thiazole rings is 1. The maximum absolute atomic E-state index is 13.8. The van der Waals surface area contributed by atoms with Crippen molar-refractivity contribution in [2.45, 2.75) is 19.8 Å². The van der Waals surface area contributed by atoms with E-state index in [1.165, 1.54) is 17.4 Å². The van der Waals surface area contributed by atoms with Crippen LogP contribution in [0.3, 0.4) is 0 Å². The van der Waals surface area contributed by atoms with Crippen molar-refractivity contribution in [3.63, 3.8) is 0 Å². The van der Waals surface area contributed by atoms with Crippen LogP contribution < -0.4 is 0 Å². The lowest BCUT2D eigenvalue weighted by atomic mass is 10.1. The van der Waals surface area contributed by atoms with Gasteiger partial charge in [0, 0.05) is 11.3 Å². The van der Waals surface area contributed by atoms with E-state index in [2.05, 4.69) is 4.98 Å². The number of aromatic nitrogens is 1. The molecule has 1 aromatic carbocycles. The second-order valence-electron chi connectivity index (χ2n) is 4.08. The summed E-state index contributed by atoms with van der Waals surface area (Å²) < 4.78 is 13.8. The summed E-state index contributed by atoms with van der Waals surface area (Å²) in [6.07, 6.45) is 0.263. The minimum atomic E-state index is -0.896. The molecule has 1 aromatic heterocycles. The summed E-state index contributed by atoms with van der Waals surface area (Å²) in [6.45, 7) is 1.76. The number of hydrogen-bond donors (Lipinski definition) is 1. The predicted molar refractivity (Wildman–Crippen MR) is 72.4 cm³/mol. The molecule has 0 fully saturated rings. The number of hydrogen-bond acceptors (Lipinski definition) is 3. The molecule has 0 aliphatic heterocycles. The Hall–Kier alpha value is -1.46. The zero-order valence-corrected chi connectivity index (χ0v) is 11.7. The average molecular weight is 300 g/mol. The van der Waals surface area contributed by atoms with Gasteiger partial charge in [0.2, 0.25) is 0 Å². The average Bonchev–Trinajstić information content (AvgIpc) is 2.65. The van der Waals surface area contributed by atoms with Gasteiger partial charge in [0.15, 0.2) is 0 Å². The molecule has 19 heavy (non-hydrogen) atoms. The Morgan fingerprint density at radius 2 is 2.26 bits per heavy atom. The topological polar surface area (TPSA) is 50.2 Å². The van der Waals surface area contributed by atoms with E-state index in [0.29, 0.717) is 27.6 Å². The van der Waals surface area contributed by atoms with Gasteiger partial charge < -0.3 is 5.11 Å². The van der Waals surface area contributed by atoms with E-state index in [0.717, 1.165) is 0 Å². The summed E-state index contributed by atoms with van der Waals surface area (Å²) in [5, 5.41) is 9.54. The minimum Gasteiger partial charge on any atom is -0.481 e. The highest BCUT2D eigenvalue weighted by Crippen LogP contribution is 2.24. The van der Waals surface area contributed by atoms with E-state index in [4.69, 9.17) is 16.7 Å². The van der Waals surface area contributed by atoms with Crippen molar-refractivity contribution in [2.24, 2.45) is 0 Å². The minimum absolute atomic E-state index is 0.0540. The molecule has 0 amide bonds. The van der Waals surface area contributed by atoms with Gasteiger partial charge >= 0.3 is 5.97 Å². The molecule has 0 aliphatic rings. The molecule has 2 rings (SSSR count). The van der Waals surface area contributed by atoms with E-state index < -0.39 is 11.8 Å². The number of carboxylic acid groups (broad SMARTS) is 1. The lowest BCUT2D eigenvalue weighted by Gasteiger charge is -2.01. The fraction of sp³-hybridized carbons (Fsp3) is 0.231. The predicted octanol–water partition coefficient (Wildman–Crippen LogP) is 3.46. The smallest absolute Gasteiger partial charge is 0.308 e. The van der Waals surface area contributed by atoms with Crippen LogP contribution >= 0.6 is 22.9 Å². The first kappa shape index (κ1) is 14.0. The summed E-state index contributed by atoms with van der Waals surface area (Å²) in [4.78, 5) is 15.7. The SMILES string of the molecule is Cc1nc(Cc2cccc(Cl)c2F)sc1CC(=O)O. The van der Waals surface area contributed by atoms with Gasteiger partial charge in [-0.25, -0.2) is 9.37 Å². The number of carbonyl (C=O) groups is 1. The van der Waals surface area contributed by atoms with Gasteiger partial charge in [-0.2, -0.15) is 0 Å². The molecule has 0 unspecified atom stereocenters. The Morgan fingerprint density at radius 1 is 1.53 bits per heavy atom. The second kappa shape index (κ2) is 5.67. The molecule has 0 saturated carbocycles. The molecule has 0 spiro atoms. The first-order valence-electron chi connectivity index (χ1n) is 5.57. The summed E-state index contributed by atoms with van der Waals surface area (Å²) >= 11 is 7.01. The number of nitrogens with zero attached hydrogens (tertiary/aromatic N) is 1. The summed E-state index contributed by atoms with van der Waals surface area (Å²) in [7, 11) is 0. The maximum atomic E-state index is 13.8. The Bertz CT molecular complexity index is 627. The Balaban J connectivity index is 2.24. The largest absolute Gasteiger partial charge is 0.481 e. The summed E-state index contributed by atoms with van der Waals surface area (Å²) in [6, 6.07) is 4.82. The summed E-state index contributed by atoms with van der Waals surface area (Å²) in [5.74, 6) is -1.34. The molecule has 0 atom stereocenters. The van der Waals surface area contributed by atoms with Crippen molar-refractivity contribution in [1.29, 1.82) is 0 Å². The van der Waals surface area contributed by atoms with Crippen LogP contribution in [0, 0.1) is 12.7 Å². The van der Waals surface area contributed by atoms with Gasteiger partial charge in [0.25, 0.3) is 0 Å². The van der Waals surface area contributed by atoms with Gasteiger partial charge in [0.1, 0.15) is 5.82 Å². The standard InChI is InChI=1S/C13H11ClFNO2S/c1-7-10(6-12(17)18)19-11(16-7)5-8-3-2-4-9(14)13(8)15/h2-4H,5-6H2,1H3,(H,17,18). The first-order chi connectivity index (χ1) is 8.97. The van der Waals surface area contributed by atoms with Crippen molar-refractivity contribution < 1.29 is 14.3 Å². The molecular formula is C13H11ClFNO2S. The van der Waals surface area contributed by atoms with E-state index in [1.54, 1.807) is 19.1 Å². The van der Waals surface area contributed by atoms with E-state index in [9.17, 15) is 9.18 Å². The van der Waals surface area contributed by atoms with Crippen LogP contribution in [0.1, 0.15) is 21.1 Å². The van der Waals surface area contributed by atoms with E-state index >= 15 is 0 Å². The van der Waals surface area contributed by atoms with Crippen molar-refractivity contribution >= 4 is 28.9 Å². The third-order valence-corrected chi connectivity index (χ3v) is 4.07. The molecule has 1 heterocycles. The van der Waals surface area contributed by atoms with E-state index in [1.807, 2.05) is 0 Å². The van der Waals surface area contributed by atoms with Gasteiger partial charge in [-0.1, -0.05) is 23.7 Å².